The Morgan fingerprint density at radius 2 is 2.20 bits per heavy atom. The Balaban J connectivity index is 2.10. The van der Waals surface area contributed by atoms with Gasteiger partial charge in [0, 0.05) is 12.5 Å². The predicted octanol–water partition coefficient (Wildman–Crippen LogP) is -0.0511. The highest BCUT2D eigenvalue weighted by Gasteiger charge is 2.58. The lowest BCUT2D eigenvalue weighted by atomic mass is 10.0. The van der Waals surface area contributed by atoms with Crippen LogP contribution < -0.4 is 11.1 Å². The third-order valence-corrected chi connectivity index (χ3v) is 3.07. The van der Waals surface area contributed by atoms with E-state index in [0.717, 1.165) is 6.42 Å². The Labute approximate surface area is 88.1 Å². The van der Waals surface area contributed by atoms with E-state index < -0.39 is 5.41 Å². The number of carbonyl (C=O) groups excluding carboxylic acids is 2. The van der Waals surface area contributed by atoms with Gasteiger partial charge in [-0.25, -0.2) is 0 Å². The number of rotatable bonds is 3. The Morgan fingerprint density at radius 3 is 2.67 bits per heavy atom. The first-order chi connectivity index (χ1) is 7.08. The number of hydrogen-bond acceptors (Lipinski definition) is 3. The molecule has 1 heterocycles. The van der Waals surface area contributed by atoms with Gasteiger partial charge in [-0.2, -0.15) is 4.99 Å². The molecule has 0 radical (unpaired) electrons. The Hall–Kier alpha value is -1.23. The van der Waals surface area contributed by atoms with Crippen LogP contribution in [0.3, 0.4) is 0 Å². The smallest absolute Gasteiger partial charge is 0.263 e. The summed E-state index contributed by atoms with van der Waals surface area (Å²) in [7, 11) is 0. The fraction of sp³-hybridized carbons (Fsp3) is 0.700. The summed E-state index contributed by atoms with van der Waals surface area (Å²) < 4.78 is 0. The second kappa shape index (κ2) is 3.41. The maximum absolute atomic E-state index is 11.6. The Morgan fingerprint density at radius 1 is 1.53 bits per heavy atom. The minimum Gasteiger partial charge on any atom is -0.327 e. The molecule has 1 saturated carbocycles. The zero-order chi connectivity index (χ0) is 11.1. The third kappa shape index (κ3) is 1.67. The van der Waals surface area contributed by atoms with Crippen LogP contribution in [0.1, 0.15) is 32.6 Å². The van der Waals surface area contributed by atoms with Crippen molar-refractivity contribution in [2.45, 2.75) is 38.6 Å². The van der Waals surface area contributed by atoms with E-state index in [-0.39, 0.29) is 17.9 Å². The second-order valence-electron chi connectivity index (χ2n) is 4.27. The monoisotopic (exact) mass is 209 g/mol. The molecule has 0 bridgehead atoms. The molecule has 2 aliphatic rings. The van der Waals surface area contributed by atoms with Crippen LogP contribution >= 0.6 is 0 Å². The van der Waals surface area contributed by atoms with Crippen molar-refractivity contribution < 1.29 is 9.59 Å². The largest absolute Gasteiger partial charge is 0.327 e. The maximum Gasteiger partial charge on any atom is 0.263 e. The number of amides is 2. The van der Waals surface area contributed by atoms with Crippen LogP contribution in [0.4, 0.5) is 0 Å². The normalized spacial score (nSPS) is 24.8. The molecule has 2 rings (SSSR count). The van der Waals surface area contributed by atoms with Crippen molar-refractivity contribution in [1.82, 2.24) is 5.32 Å². The quantitative estimate of drug-likeness (QED) is 0.639. The molecule has 3 N–H and O–H groups in total. The molecule has 2 amide bonds. The number of nitrogens with two attached hydrogens (primary N) is 1. The maximum atomic E-state index is 11.6. The molecular formula is C10H15N3O2. The summed E-state index contributed by atoms with van der Waals surface area (Å²) in [5.74, 6) is -0.0535. The molecule has 1 fully saturated rings. The average Bonchev–Trinajstić information content (AvgIpc) is 2.96. The van der Waals surface area contributed by atoms with Gasteiger partial charge in [0.2, 0.25) is 5.91 Å². The van der Waals surface area contributed by atoms with Gasteiger partial charge in [0.25, 0.3) is 5.91 Å². The van der Waals surface area contributed by atoms with E-state index in [0.29, 0.717) is 25.1 Å². The molecule has 0 aromatic rings. The molecule has 15 heavy (non-hydrogen) atoms. The highest BCUT2D eigenvalue weighted by Crippen LogP contribution is 2.48. The van der Waals surface area contributed by atoms with Crippen molar-refractivity contribution in [2.24, 2.45) is 16.1 Å². The molecule has 5 heteroatoms. The van der Waals surface area contributed by atoms with Gasteiger partial charge in [0.15, 0.2) is 0 Å². The molecule has 0 aromatic heterocycles. The number of amidine groups is 1. The van der Waals surface area contributed by atoms with Crippen LogP contribution in [-0.4, -0.2) is 23.7 Å². The van der Waals surface area contributed by atoms with Crippen molar-refractivity contribution in [3.8, 4) is 0 Å². The topological polar surface area (TPSA) is 84.5 Å². The molecule has 1 atom stereocenters. The number of nitrogens with one attached hydrogen (secondary N) is 1. The average molecular weight is 209 g/mol. The minimum atomic E-state index is -0.806. The van der Waals surface area contributed by atoms with Gasteiger partial charge in [-0.3, -0.25) is 9.59 Å². The van der Waals surface area contributed by atoms with Crippen LogP contribution in [-0.2, 0) is 9.59 Å². The molecule has 1 unspecified atom stereocenters. The summed E-state index contributed by atoms with van der Waals surface area (Å²) in [4.78, 5) is 27.1. The second-order valence-corrected chi connectivity index (χ2v) is 4.27. The van der Waals surface area contributed by atoms with Gasteiger partial charge in [-0.05, 0) is 19.3 Å². The van der Waals surface area contributed by atoms with Crippen LogP contribution in [0.25, 0.3) is 0 Å². The summed E-state index contributed by atoms with van der Waals surface area (Å²) in [6, 6.07) is -0.0508. The number of aliphatic imine (C=N–C) groups is 1. The number of hydrogen-bond donors (Lipinski definition) is 2. The van der Waals surface area contributed by atoms with Crippen LogP contribution in [0, 0.1) is 5.41 Å². The Bertz CT molecular complexity index is 345. The van der Waals surface area contributed by atoms with Crippen molar-refractivity contribution >= 4 is 17.6 Å². The number of carbonyl (C=O) groups is 2. The van der Waals surface area contributed by atoms with E-state index in [4.69, 9.17) is 5.73 Å². The first kappa shape index (κ1) is 10.3. The Kier molecular flexibility index (Phi) is 2.34. The molecule has 5 nitrogen and oxygen atoms in total. The van der Waals surface area contributed by atoms with E-state index in [1.807, 2.05) is 6.92 Å². The predicted molar refractivity (Wildman–Crippen MR) is 55.1 cm³/mol. The molecule has 1 aliphatic carbocycles. The van der Waals surface area contributed by atoms with Crippen LogP contribution in [0.15, 0.2) is 4.99 Å². The first-order valence-electron chi connectivity index (χ1n) is 5.27. The highest BCUT2D eigenvalue weighted by atomic mass is 16.2. The van der Waals surface area contributed by atoms with E-state index >= 15 is 0 Å². The van der Waals surface area contributed by atoms with Crippen molar-refractivity contribution in [3.05, 3.63) is 0 Å². The summed E-state index contributed by atoms with van der Waals surface area (Å²) in [5.41, 5.74) is 4.93. The van der Waals surface area contributed by atoms with Gasteiger partial charge < -0.3 is 11.1 Å². The van der Waals surface area contributed by atoms with Crippen LogP contribution in [0.5, 0.6) is 0 Å². The molecule has 0 saturated heterocycles. The molecule has 0 aromatic carbocycles. The summed E-state index contributed by atoms with van der Waals surface area (Å²) in [6.07, 6.45) is 2.53. The fourth-order valence-electron chi connectivity index (χ4n) is 1.66. The SMILES string of the molecule is CCC(N)CC1=NC(=O)C2(CC2)C(=O)N1. The minimum absolute atomic E-state index is 0.0508. The number of nitrogens with zero attached hydrogens (tertiary/aromatic N) is 1. The van der Waals surface area contributed by atoms with Gasteiger partial charge in [0.1, 0.15) is 11.3 Å². The molecule has 1 aliphatic heterocycles. The molecule has 1 spiro atoms. The van der Waals surface area contributed by atoms with Gasteiger partial charge >= 0.3 is 0 Å². The lowest BCUT2D eigenvalue weighted by molar-refractivity contribution is -0.135. The zero-order valence-electron chi connectivity index (χ0n) is 8.75. The van der Waals surface area contributed by atoms with E-state index in [9.17, 15) is 9.59 Å². The fourth-order valence-corrected chi connectivity index (χ4v) is 1.66. The van der Waals surface area contributed by atoms with Gasteiger partial charge in [0.05, 0.1) is 0 Å². The van der Waals surface area contributed by atoms with Crippen molar-refractivity contribution in [3.63, 3.8) is 0 Å². The lowest BCUT2D eigenvalue weighted by Crippen LogP contribution is -2.47. The summed E-state index contributed by atoms with van der Waals surface area (Å²) in [6.45, 7) is 1.96. The standard InChI is InChI=1S/C10H15N3O2/c1-2-6(11)5-7-12-8(14)10(3-4-10)9(15)13-7/h6H,2-5,11H2,1H3,(H,12,13,14,15). The van der Waals surface area contributed by atoms with Gasteiger partial charge in [-0.1, -0.05) is 6.92 Å². The summed E-state index contributed by atoms with van der Waals surface area (Å²) in [5, 5.41) is 2.68. The highest BCUT2D eigenvalue weighted by molar-refractivity contribution is 6.20. The first-order valence-corrected chi connectivity index (χ1v) is 5.27. The van der Waals surface area contributed by atoms with E-state index in [2.05, 4.69) is 10.3 Å². The van der Waals surface area contributed by atoms with Crippen molar-refractivity contribution in [2.75, 3.05) is 0 Å². The van der Waals surface area contributed by atoms with E-state index in [1.165, 1.54) is 0 Å². The molecule has 82 valence electrons. The third-order valence-electron chi connectivity index (χ3n) is 3.07. The van der Waals surface area contributed by atoms with Crippen LogP contribution in [0.2, 0.25) is 0 Å². The summed E-state index contributed by atoms with van der Waals surface area (Å²) >= 11 is 0. The zero-order valence-corrected chi connectivity index (χ0v) is 8.75. The van der Waals surface area contributed by atoms with Crippen molar-refractivity contribution in [1.29, 1.82) is 0 Å². The molecular weight excluding hydrogens is 194 g/mol. The van der Waals surface area contributed by atoms with E-state index in [1.54, 1.807) is 0 Å². The van der Waals surface area contributed by atoms with Gasteiger partial charge in [-0.15, -0.1) is 0 Å². The lowest BCUT2D eigenvalue weighted by Gasteiger charge is -2.20.